The first-order valence-corrected chi connectivity index (χ1v) is 10.2. The normalized spacial score (nSPS) is 22.0. The van der Waals surface area contributed by atoms with Crippen LogP contribution in [0, 0.1) is 5.92 Å². The van der Waals surface area contributed by atoms with Crippen molar-refractivity contribution in [3.8, 4) is 0 Å². The number of aliphatic hydroxyl groups is 1. The molecule has 2 fully saturated rings. The Kier molecular flexibility index (Phi) is 6.36. The monoisotopic (exact) mass is 358 g/mol. The van der Waals surface area contributed by atoms with Crippen LogP contribution < -0.4 is 0 Å². The summed E-state index contributed by atoms with van der Waals surface area (Å²) in [6.45, 7) is 9.04. The molecule has 0 saturated carbocycles. The topological polar surface area (TPSA) is 43.8 Å². The maximum atomic E-state index is 13.0. The Labute approximate surface area is 158 Å². The van der Waals surface area contributed by atoms with E-state index in [0.29, 0.717) is 12.3 Å². The number of carbonyl (C=O) groups excluding carboxylic acids is 1. The molecule has 1 atom stereocenters. The highest BCUT2D eigenvalue weighted by Gasteiger charge is 2.26. The summed E-state index contributed by atoms with van der Waals surface area (Å²) in [6.07, 6.45) is 6.50. The van der Waals surface area contributed by atoms with Crippen LogP contribution in [0.3, 0.4) is 0 Å². The summed E-state index contributed by atoms with van der Waals surface area (Å²) in [5.41, 5.74) is 1.25. The minimum absolute atomic E-state index is 0.168. The smallest absolute Gasteiger partial charge is 0.253 e. The molecular formula is C22H34N2O2. The van der Waals surface area contributed by atoms with Crippen molar-refractivity contribution in [1.82, 2.24) is 9.80 Å². The molecule has 1 N–H and O–H groups in total. The van der Waals surface area contributed by atoms with Crippen molar-refractivity contribution in [2.75, 3.05) is 32.7 Å². The van der Waals surface area contributed by atoms with Crippen LogP contribution in [0.15, 0.2) is 24.3 Å². The second-order valence-electron chi connectivity index (χ2n) is 8.78. The van der Waals surface area contributed by atoms with Gasteiger partial charge >= 0.3 is 0 Å². The van der Waals surface area contributed by atoms with Gasteiger partial charge in [0.2, 0.25) is 0 Å². The Bertz CT molecular complexity index is 602. The molecule has 4 nitrogen and oxygen atoms in total. The van der Waals surface area contributed by atoms with Crippen LogP contribution in [0.4, 0.5) is 0 Å². The summed E-state index contributed by atoms with van der Waals surface area (Å²) in [5.74, 6) is 0.783. The standard InChI is InChI=1S/C22H34N2O2/c1-22(2,26)11-10-18-7-5-9-20(15-18)21(25)24-14-6-8-19(17-24)16-23-12-3-4-13-23/h5,7,9,15,19,26H,3-4,6,8,10-14,16-17H2,1-2H3. The molecule has 2 heterocycles. The average Bonchev–Trinajstić information content (AvgIpc) is 3.12. The number of rotatable bonds is 6. The maximum absolute atomic E-state index is 13.0. The molecule has 144 valence electrons. The van der Waals surface area contributed by atoms with Crippen LogP contribution in [-0.2, 0) is 6.42 Å². The molecule has 1 aromatic carbocycles. The Balaban J connectivity index is 1.59. The van der Waals surface area contributed by atoms with Gasteiger partial charge in [0.05, 0.1) is 5.60 Å². The average molecular weight is 359 g/mol. The van der Waals surface area contributed by atoms with E-state index in [4.69, 9.17) is 0 Å². The summed E-state index contributed by atoms with van der Waals surface area (Å²) >= 11 is 0. The number of nitrogens with zero attached hydrogens (tertiary/aromatic N) is 2. The van der Waals surface area contributed by atoms with Gasteiger partial charge in [0.1, 0.15) is 0 Å². The van der Waals surface area contributed by atoms with Crippen LogP contribution >= 0.6 is 0 Å². The molecule has 2 aliphatic heterocycles. The van der Waals surface area contributed by atoms with Crippen molar-refractivity contribution in [3.63, 3.8) is 0 Å². The maximum Gasteiger partial charge on any atom is 0.253 e. The molecule has 1 aromatic rings. The van der Waals surface area contributed by atoms with E-state index in [2.05, 4.69) is 15.9 Å². The van der Waals surface area contributed by atoms with E-state index in [1.807, 2.05) is 32.0 Å². The van der Waals surface area contributed by atoms with E-state index in [1.54, 1.807) is 0 Å². The van der Waals surface area contributed by atoms with Crippen LogP contribution in [0.5, 0.6) is 0 Å². The first kappa shape index (κ1) is 19.4. The summed E-state index contributed by atoms with van der Waals surface area (Å²) in [5, 5.41) is 9.93. The number of carbonyl (C=O) groups is 1. The quantitative estimate of drug-likeness (QED) is 0.848. The summed E-state index contributed by atoms with van der Waals surface area (Å²) in [6, 6.07) is 7.96. The van der Waals surface area contributed by atoms with Gasteiger partial charge in [0, 0.05) is 25.2 Å². The number of likely N-dealkylation sites (tertiary alicyclic amines) is 2. The number of hydrogen-bond donors (Lipinski definition) is 1. The molecule has 0 spiro atoms. The van der Waals surface area contributed by atoms with Gasteiger partial charge in [-0.05, 0) is 89.1 Å². The van der Waals surface area contributed by atoms with Crippen molar-refractivity contribution in [2.45, 2.75) is 58.0 Å². The molecule has 0 bridgehead atoms. The minimum atomic E-state index is -0.671. The third kappa shape index (κ3) is 5.55. The van der Waals surface area contributed by atoms with Gasteiger partial charge < -0.3 is 14.9 Å². The molecule has 26 heavy (non-hydrogen) atoms. The lowest BCUT2D eigenvalue weighted by atomic mass is 9.95. The van der Waals surface area contributed by atoms with Gasteiger partial charge in [-0.25, -0.2) is 0 Å². The van der Waals surface area contributed by atoms with E-state index in [-0.39, 0.29) is 5.91 Å². The van der Waals surface area contributed by atoms with Crippen molar-refractivity contribution in [2.24, 2.45) is 5.92 Å². The van der Waals surface area contributed by atoms with E-state index in [9.17, 15) is 9.90 Å². The highest BCUT2D eigenvalue weighted by atomic mass is 16.3. The zero-order valence-electron chi connectivity index (χ0n) is 16.4. The zero-order valence-corrected chi connectivity index (χ0v) is 16.4. The second kappa shape index (κ2) is 8.53. The summed E-state index contributed by atoms with van der Waals surface area (Å²) in [7, 11) is 0. The number of aryl methyl sites for hydroxylation is 1. The zero-order chi connectivity index (χ0) is 18.6. The van der Waals surface area contributed by atoms with Crippen molar-refractivity contribution >= 4 is 5.91 Å². The third-order valence-corrected chi connectivity index (χ3v) is 5.72. The van der Waals surface area contributed by atoms with Crippen LogP contribution in [-0.4, -0.2) is 59.1 Å². The molecule has 0 aromatic heterocycles. The molecule has 0 aliphatic carbocycles. The van der Waals surface area contributed by atoms with Crippen molar-refractivity contribution < 1.29 is 9.90 Å². The molecule has 3 rings (SSSR count). The van der Waals surface area contributed by atoms with E-state index in [1.165, 1.54) is 32.4 Å². The van der Waals surface area contributed by atoms with Gasteiger partial charge in [-0.3, -0.25) is 4.79 Å². The Morgan fingerprint density at radius 1 is 1.19 bits per heavy atom. The number of hydrogen-bond acceptors (Lipinski definition) is 3. The fraction of sp³-hybridized carbons (Fsp3) is 0.682. The van der Waals surface area contributed by atoms with Gasteiger partial charge in [-0.2, -0.15) is 0 Å². The third-order valence-electron chi connectivity index (χ3n) is 5.72. The van der Waals surface area contributed by atoms with Gasteiger partial charge in [0.25, 0.3) is 5.91 Å². The van der Waals surface area contributed by atoms with Crippen LogP contribution in [0.1, 0.15) is 61.9 Å². The lowest BCUT2D eigenvalue weighted by Gasteiger charge is -2.34. The van der Waals surface area contributed by atoms with Crippen molar-refractivity contribution in [1.29, 1.82) is 0 Å². The predicted octanol–water partition coefficient (Wildman–Crippen LogP) is 3.34. The molecule has 0 radical (unpaired) electrons. The first-order valence-electron chi connectivity index (χ1n) is 10.2. The fourth-order valence-corrected chi connectivity index (χ4v) is 4.22. The van der Waals surface area contributed by atoms with Gasteiger partial charge in [-0.1, -0.05) is 12.1 Å². The van der Waals surface area contributed by atoms with E-state index >= 15 is 0 Å². The Hall–Kier alpha value is -1.39. The number of benzene rings is 1. The van der Waals surface area contributed by atoms with Crippen molar-refractivity contribution in [3.05, 3.63) is 35.4 Å². The molecule has 2 saturated heterocycles. The molecule has 1 unspecified atom stereocenters. The number of piperidine rings is 1. The van der Waals surface area contributed by atoms with Gasteiger partial charge in [-0.15, -0.1) is 0 Å². The molecule has 1 amide bonds. The lowest BCUT2D eigenvalue weighted by molar-refractivity contribution is 0.0648. The summed E-state index contributed by atoms with van der Waals surface area (Å²) in [4.78, 5) is 17.6. The Morgan fingerprint density at radius 3 is 2.69 bits per heavy atom. The van der Waals surface area contributed by atoms with Crippen LogP contribution in [0.25, 0.3) is 0 Å². The van der Waals surface area contributed by atoms with E-state index in [0.717, 1.165) is 43.6 Å². The number of amides is 1. The highest BCUT2D eigenvalue weighted by molar-refractivity contribution is 5.94. The SMILES string of the molecule is CC(C)(O)CCc1cccc(C(=O)N2CCCC(CN3CCCC3)C2)c1. The Morgan fingerprint density at radius 2 is 1.96 bits per heavy atom. The first-order chi connectivity index (χ1) is 12.4. The highest BCUT2D eigenvalue weighted by Crippen LogP contribution is 2.22. The fourth-order valence-electron chi connectivity index (χ4n) is 4.22. The predicted molar refractivity (Wildman–Crippen MR) is 105 cm³/mol. The minimum Gasteiger partial charge on any atom is -0.390 e. The largest absolute Gasteiger partial charge is 0.390 e. The lowest BCUT2D eigenvalue weighted by Crippen LogP contribution is -2.43. The summed E-state index contributed by atoms with van der Waals surface area (Å²) < 4.78 is 0. The molecule has 2 aliphatic rings. The molecular weight excluding hydrogens is 324 g/mol. The van der Waals surface area contributed by atoms with E-state index < -0.39 is 5.60 Å². The van der Waals surface area contributed by atoms with Crippen LogP contribution in [0.2, 0.25) is 0 Å². The molecule has 4 heteroatoms. The van der Waals surface area contributed by atoms with Gasteiger partial charge in [0.15, 0.2) is 0 Å². The second-order valence-corrected chi connectivity index (χ2v) is 8.78.